The first kappa shape index (κ1) is 10.1. The molecule has 0 fully saturated rings. The molecule has 0 aliphatic rings. The number of guanidine groups is 1. The number of nitrogens with two attached hydrogens (primary N) is 1. The number of allylic oxidation sites excluding steroid dienone is 1. The van der Waals surface area contributed by atoms with E-state index in [-0.39, 0.29) is 5.96 Å². The Morgan fingerprint density at radius 2 is 2.43 bits per heavy atom. The van der Waals surface area contributed by atoms with Gasteiger partial charge < -0.3 is 5.73 Å². The van der Waals surface area contributed by atoms with Gasteiger partial charge in [0.25, 0.3) is 0 Å². The molecule has 0 amide bonds. The minimum absolute atomic E-state index is 0.160. The van der Waals surface area contributed by atoms with Gasteiger partial charge in [0.2, 0.25) is 5.96 Å². The van der Waals surface area contributed by atoms with Crippen LogP contribution in [0.5, 0.6) is 0 Å². The van der Waals surface area contributed by atoms with Crippen LogP contribution in [0.15, 0.2) is 40.7 Å². The van der Waals surface area contributed by atoms with Crippen molar-refractivity contribution < 1.29 is 0 Å². The van der Waals surface area contributed by atoms with Crippen molar-refractivity contribution in [2.24, 2.45) is 15.7 Å². The molecule has 0 aliphatic carbocycles. The number of hydrogen-bond acceptors (Lipinski definition) is 2. The van der Waals surface area contributed by atoms with Gasteiger partial charge in [-0.3, -0.25) is 4.98 Å². The van der Waals surface area contributed by atoms with Gasteiger partial charge in [-0.1, -0.05) is 6.07 Å². The highest BCUT2D eigenvalue weighted by atomic mass is 15.0. The van der Waals surface area contributed by atoms with Crippen molar-refractivity contribution in [2.75, 3.05) is 0 Å². The summed E-state index contributed by atoms with van der Waals surface area (Å²) >= 11 is 0. The Morgan fingerprint density at radius 1 is 1.64 bits per heavy atom. The summed E-state index contributed by atoms with van der Waals surface area (Å²) in [5.74, 6) is 0.160. The van der Waals surface area contributed by atoms with Crippen LogP contribution in [0.1, 0.15) is 12.5 Å². The van der Waals surface area contributed by atoms with Gasteiger partial charge in [-0.15, -0.1) is 0 Å². The summed E-state index contributed by atoms with van der Waals surface area (Å²) in [6.07, 6.45) is 5.12. The lowest BCUT2D eigenvalue weighted by atomic mass is 10.1. The third-order valence-corrected chi connectivity index (χ3v) is 1.67. The highest BCUT2D eigenvalue weighted by molar-refractivity contribution is 5.83. The Labute approximate surface area is 82.9 Å². The first-order valence-corrected chi connectivity index (χ1v) is 4.11. The first-order chi connectivity index (χ1) is 6.74. The van der Waals surface area contributed by atoms with Gasteiger partial charge in [-0.25, -0.2) is 9.98 Å². The summed E-state index contributed by atoms with van der Waals surface area (Å²) in [6, 6.07) is 3.82. The Kier molecular flexibility index (Phi) is 3.55. The Balaban J connectivity index is 2.86. The van der Waals surface area contributed by atoms with E-state index in [1.54, 1.807) is 18.6 Å². The molecular weight excluding hydrogens is 176 g/mol. The van der Waals surface area contributed by atoms with Crippen molar-refractivity contribution in [1.82, 2.24) is 4.98 Å². The molecule has 0 aliphatic heterocycles. The topological polar surface area (TPSA) is 63.6 Å². The van der Waals surface area contributed by atoms with Crippen molar-refractivity contribution >= 4 is 18.3 Å². The quantitative estimate of drug-likeness (QED) is 0.564. The molecule has 1 aromatic rings. The zero-order chi connectivity index (χ0) is 10.4. The van der Waals surface area contributed by atoms with E-state index in [9.17, 15) is 0 Å². The molecule has 0 saturated carbocycles. The number of aromatic nitrogens is 1. The lowest BCUT2D eigenvalue weighted by molar-refractivity contribution is 1.30. The monoisotopic (exact) mass is 188 g/mol. The van der Waals surface area contributed by atoms with Gasteiger partial charge in [0.15, 0.2) is 0 Å². The summed E-state index contributed by atoms with van der Waals surface area (Å²) in [4.78, 5) is 11.4. The maximum atomic E-state index is 5.36. The molecule has 0 unspecified atom stereocenters. The van der Waals surface area contributed by atoms with Crippen LogP contribution in [0.25, 0.3) is 5.57 Å². The summed E-state index contributed by atoms with van der Waals surface area (Å²) < 4.78 is 0. The predicted octanol–water partition coefficient (Wildman–Crippen LogP) is 1.46. The van der Waals surface area contributed by atoms with E-state index in [1.165, 1.54) is 0 Å². The minimum Gasteiger partial charge on any atom is -0.368 e. The molecule has 0 aromatic carbocycles. The van der Waals surface area contributed by atoms with E-state index >= 15 is 0 Å². The SMILES string of the molecule is C=NC(N)=N/C=C(\C)c1cccnc1. The zero-order valence-electron chi connectivity index (χ0n) is 8.01. The molecule has 0 atom stereocenters. The fraction of sp³-hybridized carbons (Fsp3) is 0.100. The number of nitrogens with zero attached hydrogens (tertiary/aromatic N) is 3. The van der Waals surface area contributed by atoms with Gasteiger partial charge in [0.1, 0.15) is 0 Å². The number of pyridine rings is 1. The Morgan fingerprint density at radius 3 is 3.00 bits per heavy atom. The average molecular weight is 188 g/mol. The molecule has 2 N–H and O–H groups in total. The molecule has 0 radical (unpaired) electrons. The lowest BCUT2D eigenvalue weighted by Crippen LogP contribution is -2.05. The second kappa shape index (κ2) is 4.91. The molecule has 4 heteroatoms. The predicted molar refractivity (Wildman–Crippen MR) is 59.1 cm³/mol. The zero-order valence-corrected chi connectivity index (χ0v) is 8.01. The van der Waals surface area contributed by atoms with Crippen molar-refractivity contribution in [1.29, 1.82) is 0 Å². The van der Waals surface area contributed by atoms with Crippen molar-refractivity contribution in [2.45, 2.75) is 6.92 Å². The minimum atomic E-state index is 0.160. The van der Waals surface area contributed by atoms with Crippen LogP contribution < -0.4 is 5.73 Å². The van der Waals surface area contributed by atoms with Crippen LogP contribution in [0.2, 0.25) is 0 Å². The van der Waals surface area contributed by atoms with Crippen molar-refractivity contribution in [3.8, 4) is 0 Å². The normalized spacial score (nSPS) is 12.6. The molecule has 1 heterocycles. The summed E-state index contributed by atoms with van der Waals surface area (Å²) in [5.41, 5.74) is 7.34. The smallest absolute Gasteiger partial charge is 0.219 e. The Bertz CT molecular complexity index is 365. The molecular formula is C10H12N4. The van der Waals surface area contributed by atoms with E-state index in [2.05, 4.69) is 21.7 Å². The standard InChI is InChI=1S/C10H12N4/c1-8(6-14-10(11)12-2)9-4-3-5-13-7-9/h3-7H,2H2,1H3,(H2,11,14)/b8-6+. The third-order valence-electron chi connectivity index (χ3n) is 1.67. The summed E-state index contributed by atoms with van der Waals surface area (Å²) in [5, 5.41) is 0. The van der Waals surface area contributed by atoms with Crippen LogP contribution in [-0.2, 0) is 0 Å². The van der Waals surface area contributed by atoms with Crippen LogP contribution >= 0.6 is 0 Å². The van der Waals surface area contributed by atoms with E-state index < -0.39 is 0 Å². The third kappa shape index (κ3) is 2.82. The number of rotatable bonds is 2. The molecule has 0 bridgehead atoms. The fourth-order valence-electron chi connectivity index (χ4n) is 0.874. The summed E-state index contributed by atoms with van der Waals surface area (Å²) in [7, 11) is 0. The van der Waals surface area contributed by atoms with Gasteiger partial charge in [0, 0.05) is 18.6 Å². The Hall–Kier alpha value is -1.97. The molecule has 72 valence electrons. The number of aliphatic imine (C=N–C) groups is 2. The highest BCUT2D eigenvalue weighted by Gasteiger charge is 1.92. The largest absolute Gasteiger partial charge is 0.368 e. The molecule has 1 rings (SSSR count). The van der Waals surface area contributed by atoms with Gasteiger partial charge >= 0.3 is 0 Å². The van der Waals surface area contributed by atoms with E-state index in [1.807, 2.05) is 19.1 Å². The molecule has 0 saturated heterocycles. The van der Waals surface area contributed by atoms with Crippen molar-refractivity contribution in [3.63, 3.8) is 0 Å². The van der Waals surface area contributed by atoms with Crippen LogP contribution in [0, 0.1) is 0 Å². The maximum Gasteiger partial charge on any atom is 0.219 e. The van der Waals surface area contributed by atoms with Crippen molar-refractivity contribution in [3.05, 3.63) is 36.3 Å². The highest BCUT2D eigenvalue weighted by Crippen LogP contribution is 2.10. The molecule has 1 aromatic heterocycles. The number of hydrogen-bond donors (Lipinski definition) is 1. The molecule has 4 nitrogen and oxygen atoms in total. The van der Waals surface area contributed by atoms with Gasteiger partial charge in [-0.2, -0.15) is 0 Å². The van der Waals surface area contributed by atoms with Crippen LogP contribution in [-0.4, -0.2) is 17.7 Å². The second-order valence-corrected chi connectivity index (χ2v) is 2.70. The van der Waals surface area contributed by atoms with Gasteiger partial charge in [-0.05, 0) is 30.8 Å². The fourth-order valence-corrected chi connectivity index (χ4v) is 0.874. The van der Waals surface area contributed by atoms with E-state index in [0.29, 0.717) is 0 Å². The molecule has 14 heavy (non-hydrogen) atoms. The summed E-state index contributed by atoms with van der Waals surface area (Å²) in [6.45, 7) is 5.19. The first-order valence-electron chi connectivity index (χ1n) is 4.11. The van der Waals surface area contributed by atoms with E-state index in [4.69, 9.17) is 5.73 Å². The van der Waals surface area contributed by atoms with E-state index in [0.717, 1.165) is 11.1 Å². The van der Waals surface area contributed by atoms with Crippen LogP contribution in [0.3, 0.4) is 0 Å². The maximum absolute atomic E-state index is 5.36. The average Bonchev–Trinajstić information content (AvgIpc) is 2.26. The second-order valence-electron chi connectivity index (χ2n) is 2.70. The van der Waals surface area contributed by atoms with Gasteiger partial charge in [0.05, 0.1) is 0 Å². The molecule has 0 spiro atoms. The van der Waals surface area contributed by atoms with Crippen LogP contribution in [0.4, 0.5) is 0 Å². The lowest BCUT2D eigenvalue weighted by Gasteiger charge is -1.97.